The molecule has 0 aliphatic carbocycles. The molecule has 2 saturated heterocycles. The van der Waals surface area contributed by atoms with E-state index in [0.29, 0.717) is 50.3 Å². The van der Waals surface area contributed by atoms with Crippen LogP contribution in [0.4, 0.5) is 26.3 Å². The molecule has 2 N–H and O–H groups in total. The number of ether oxygens (including phenoxy) is 6. The third kappa shape index (κ3) is 16.4. The van der Waals surface area contributed by atoms with Crippen molar-refractivity contribution in [2.45, 2.75) is 114 Å². The van der Waals surface area contributed by atoms with Crippen LogP contribution in [-0.4, -0.2) is 108 Å². The van der Waals surface area contributed by atoms with E-state index < -0.39 is 81.5 Å². The molecule has 1 amide bonds. The number of allylic oxidation sites excluding steroid dienone is 2. The van der Waals surface area contributed by atoms with E-state index in [1.165, 1.54) is 36.5 Å². The number of hydrogen-bond donors (Lipinski definition) is 2. The van der Waals surface area contributed by atoms with Gasteiger partial charge in [0.1, 0.15) is 22.6 Å². The summed E-state index contributed by atoms with van der Waals surface area (Å²) in [5.74, 6) is -3.54. The number of carbonyl (C=O) groups excluding carboxylic acids is 3. The minimum Gasteiger partial charge on any atom is -0.477 e. The van der Waals surface area contributed by atoms with E-state index in [0.717, 1.165) is 46.9 Å². The van der Waals surface area contributed by atoms with Crippen LogP contribution in [0.3, 0.4) is 0 Å². The van der Waals surface area contributed by atoms with Crippen molar-refractivity contribution >= 4 is 46.5 Å². The highest BCUT2D eigenvalue weighted by atomic mass is 32.1. The van der Waals surface area contributed by atoms with Gasteiger partial charge in [0.2, 0.25) is 23.0 Å². The fourth-order valence-corrected chi connectivity index (χ4v) is 9.86. The molecule has 420 valence electrons. The van der Waals surface area contributed by atoms with Crippen molar-refractivity contribution in [1.82, 2.24) is 20.2 Å². The lowest BCUT2D eigenvalue weighted by Gasteiger charge is -2.47. The number of carboxylic acid groups (broad SMARTS) is 1. The first-order valence-electron chi connectivity index (χ1n) is 24.3. The third-order valence-corrected chi connectivity index (χ3v) is 13.8. The van der Waals surface area contributed by atoms with E-state index in [4.69, 9.17) is 33.5 Å². The number of unbranched alkanes of at least 4 members (excludes halogenated alkanes) is 2. The second kappa shape index (κ2) is 29.1. The molecule has 0 saturated carbocycles. The maximum atomic E-state index is 14.1. The van der Waals surface area contributed by atoms with E-state index in [1.54, 1.807) is 34.9 Å². The van der Waals surface area contributed by atoms with Crippen LogP contribution in [0, 0.1) is 13.8 Å². The van der Waals surface area contributed by atoms with Crippen molar-refractivity contribution in [2.75, 3.05) is 40.5 Å². The van der Waals surface area contributed by atoms with Gasteiger partial charge < -0.3 is 43.7 Å². The zero-order chi connectivity index (χ0) is 57.0. The van der Waals surface area contributed by atoms with E-state index in [1.807, 2.05) is 31.4 Å². The van der Waals surface area contributed by atoms with Gasteiger partial charge in [-0.2, -0.15) is 26.3 Å². The minimum atomic E-state index is -4.85. The maximum absolute atomic E-state index is 14.1. The average Bonchev–Trinajstić information content (AvgIpc) is 4.01. The molecular weight excluding hydrogens is 1060 g/mol. The number of nitrogens with one attached hydrogen (secondary N) is 1. The van der Waals surface area contributed by atoms with E-state index in [9.17, 15) is 45.5 Å². The molecule has 0 bridgehead atoms. The number of esters is 2. The number of carbonyl (C=O) groups is 4. The summed E-state index contributed by atoms with van der Waals surface area (Å²) in [6.45, 7) is 19.6. The normalized spacial score (nSPS) is 19.1. The van der Waals surface area contributed by atoms with Gasteiger partial charge in [0, 0.05) is 52.3 Å². The first-order valence-corrected chi connectivity index (χ1v) is 26.1. The van der Waals surface area contributed by atoms with Crippen molar-refractivity contribution in [2.24, 2.45) is 0 Å². The van der Waals surface area contributed by atoms with Crippen LogP contribution in [0.1, 0.15) is 106 Å². The molecule has 15 nitrogen and oxygen atoms in total. The topological polar surface area (TPSA) is 185 Å². The molecule has 23 heteroatoms. The molecule has 4 aromatic rings. The lowest BCUT2D eigenvalue weighted by molar-refractivity contribution is -0.169. The number of aromatic carboxylic acids is 1. The fourth-order valence-electron chi connectivity index (χ4n) is 8.66. The number of pyridine rings is 2. The van der Waals surface area contributed by atoms with Crippen molar-refractivity contribution < 1.29 is 79.0 Å². The van der Waals surface area contributed by atoms with Crippen LogP contribution in [-0.2, 0) is 31.4 Å². The standard InChI is InChI=1S/C27H31F3N2O5S.C15H21NO3S.C12H12F3NO3/c1-5-7-8-15-36-23-22(20(11-13-31-23)27(28,29)30)24(33)32-14-9-12-26(25(34)35-4,21(32)10-6-2)37-19-16-18(3)38-17-19;1-4-6-13-15(14(17)18-3,7-5-8-16-13)19-12-9-11(2)20-10-12;1-2-3-4-7-19-10-9(11(17)18)8(5-6-16-10)12(13,14)15/h5-6,11,13,16-17,21H,1-2,7-10,12,14-15H2,3-4H3;4,9-10,13,16H,1,5-8H2,2-3H3;2,5-6H,1,3-4,7H2,(H,17,18)/t21-,26+;13-,15+;/m11./s1. The SMILES string of the molecule is C=CCCCOc1nccc(C(F)(F)F)c1C(=O)N1CCC[C@@](Oc2csc(C)c2)(C(=O)OC)[C@H]1CC=C.C=CCCCOc1nccc(C(F)(F)F)c1C(=O)O.C=CC[C@H]1NCCC[C@@]1(Oc1csc(C)c1)C(=O)OC. The van der Waals surface area contributed by atoms with Gasteiger partial charge in [-0.3, -0.25) is 4.79 Å². The summed E-state index contributed by atoms with van der Waals surface area (Å²) in [5, 5.41) is 15.9. The second-order valence-corrected chi connectivity index (χ2v) is 19.7. The number of thiophene rings is 2. The number of methoxy groups -OCH3 is 2. The highest BCUT2D eigenvalue weighted by Crippen LogP contribution is 2.42. The first kappa shape index (κ1) is 62.8. The number of alkyl halides is 6. The van der Waals surface area contributed by atoms with Crippen LogP contribution >= 0.6 is 22.7 Å². The summed E-state index contributed by atoms with van der Waals surface area (Å²) in [5.41, 5.74) is -6.73. The summed E-state index contributed by atoms with van der Waals surface area (Å²) < 4.78 is 113. The Bertz CT molecular complexity index is 2660. The van der Waals surface area contributed by atoms with Crippen LogP contribution in [0.2, 0.25) is 0 Å². The molecule has 6 rings (SSSR count). The molecule has 4 aromatic heterocycles. The molecule has 2 aliphatic heterocycles. The Morgan fingerprint density at radius 1 is 0.740 bits per heavy atom. The molecule has 0 spiro atoms. The van der Waals surface area contributed by atoms with Gasteiger partial charge in [-0.1, -0.05) is 24.3 Å². The Labute approximate surface area is 451 Å². The Hall–Kier alpha value is -6.72. The Kier molecular flexibility index (Phi) is 23.8. The van der Waals surface area contributed by atoms with Gasteiger partial charge in [-0.25, -0.2) is 24.4 Å². The summed E-state index contributed by atoms with van der Waals surface area (Å²) >= 11 is 3.02. The lowest BCUT2D eigenvalue weighted by atomic mass is 9.81. The summed E-state index contributed by atoms with van der Waals surface area (Å²) in [6, 6.07) is 3.95. The van der Waals surface area contributed by atoms with E-state index in [2.05, 4.69) is 41.6 Å². The van der Waals surface area contributed by atoms with Crippen molar-refractivity contribution in [1.29, 1.82) is 0 Å². The summed E-state index contributed by atoms with van der Waals surface area (Å²) in [7, 11) is 2.61. The van der Waals surface area contributed by atoms with E-state index in [-0.39, 0.29) is 51.0 Å². The highest BCUT2D eigenvalue weighted by Gasteiger charge is 2.56. The number of aryl methyl sites for hydroxylation is 2. The number of rotatable bonds is 22. The molecule has 6 heterocycles. The second-order valence-electron chi connectivity index (χ2n) is 17.5. The number of hydrogen-bond acceptors (Lipinski definition) is 15. The van der Waals surface area contributed by atoms with Crippen LogP contribution in [0.5, 0.6) is 23.3 Å². The predicted molar refractivity (Wildman–Crippen MR) is 279 cm³/mol. The molecule has 0 unspecified atom stereocenters. The zero-order valence-corrected chi connectivity index (χ0v) is 44.9. The summed E-state index contributed by atoms with van der Waals surface area (Å²) in [6.07, 6.45) is 3.75. The Morgan fingerprint density at radius 2 is 1.22 bits per heavy atom. The van der Waals surface area contributed by atoms with Gasteiger partial charge in [0.25, 0.3) is 5.91 Å². The highest BCUT2D eigenvalue weighted by molar-refractivity contribution is 7.10. The van der Waals surface area contributed by atoms with Crippen LogP contribution in [0.15, 0.2) is 98.0 Å². The summed E-state index contributed by atoms with van der Waals surface area (Å²) in [4.78, 5) is 61.3. The van der Waals surface area contributed by atoms with Crippen molar-refractivity contribution in [3.8, 4) is 23.3 Å². The minimum absolute atomic E-state index is 0.0451. The predicted octanol–water partition coefficient (Wildman–Crippen LogP) is 11.8. The number of nitrogens with zero attached hydrogens (tertiary/aromatic N) is 3. The molecule has 0 aromatic carbocycles. The van der Waals surface area contributed by atoms with Crippen molar-refractivity contribution in [3.63, 3.8) is 0 Å². The molecule has 4 atom stereocenters. The number of amides is 1. The molecule has 77 heavy (non-hydrogen) atoms. The van der Waals surface area contributed by atoms with Gasteiger partial charge in [0.05, 0.1) is 50.6 Å². The first-order chi connectivity index (χ1) is 36.6. The number of aromatic nitrogens is 2. The zero-order valence-electron chi connectivity index (χ0n) is 43.3. The van der Waals surface area contributed by atoms with Gasteiger partial charge in [-0.15, -0.1) is 49.0 Å². The lowest BCUT2D eigenvalue weighted by Crippen LogP contribution is -2.65. The Balaban J connectivity index is 0.000000275. The van der Waals surface area contributed by atoms with Gasteiger partial charge in [0.15, 0.2) is 0 Å². The molecule has 2 aliphatic rings. The largest absolute Gasteiger partial charge is 0.477 e. The average molecular weight is 1120 g/mol. The number of piperidine rings is 2. The number of halogens is 6. The van der Waals surface area contributed by atoms with Crippen molar-refractivity contribution in [3.05, 3.63) is 130 Å². The molecule has 2 fully saturated rings. The maximum Gasteiger partial charge on any atom is 0.417 e. The van der Waals surface area contributed by atoms with Crippen LogP contribution in [0.25, 0.3) is 0 Å². The van der Waals surface area contributed by atoms with Crippen LogP contribution < -0.4 is 24.3 Å². The van der Waals surface area contributed by atoms with Gasteiger partial charge >= 0.3 is 30.3 Å². The Morgan fingerprint density at radius 3 is 1.68 bits per heavy atom. The van der Waals surface area contributed by atoms with Gasteiger partial charge in [-0.05, 0) is 96.0 Å². The number of likely N-dealkylation sites (tertiary alicyclic amines) is 1. The molecule has 0 radical (unpaired) electrons. The fraction of sp³-hybridized carbons (Fsp3) is 0.444. The monoisotopic (exact) mass is 1120 g/mol. The number of carboxylic acids is 1. The third-order valence-electron chi connectivity index (χ3n) is 12.1. The smallest absolute Gasteiger partial charge is 0.417 e. The van der Waals surface area contributed by atoms with E-state index >= 15 is 0 Å². The molecular formula is C54H64F6N4O11S2. The quantitative estimate of drug-likeness (QED) is 0.0328.